The number of aliphatic hydroxyl groups excluding tert-OH is 1. The van der Waals surface area contributed by atoms with Crippen molar-refractivity contribution >= 4 is 26.0 Å². The maximum atomic E-state index is 10.8. The Morgan fingerprint density at radius 2 is 2.07 bits per heavy atom. The van der Waals surface area contributed by atoms with Gasteiger partial charge in [0.05, 0.1) is 0 Å². The lowest BCUT2D eigenvalue weighted by atomic mass is 10.1. The highest BCUT2D eigenvalue weighted by Gasteiger charge is 2.24. The third-order valence-electron chi connectivity index (χ3n) is 2.06. The Morgan fingerprint density at radius 1 is 1.47 bits per heavy atom. The van der Waals surface area contributed by atoms with Crippen molar-refractivity contribution in [2.24, 2.45) is 0 Å². The summed E-state index contributed by atoms with van der Waals surface area (Å²) in [5.74, 6) is 0. The van der Waals surface area contributed by atoms with E-state index < -0.39 is 15.6 Å². The summed E-state index contributed by atoms with van der Waals surface area (Å²) in [6.45, 7) is 1.83. The molecule has 15 heavy (non-hydrogen) atoms. The highest BCUT2D eigenvalue weighted by Crippen LogP contribution is 2.28. The van der Waals surface area contributed by atoms with Crippen LogP contribution in [0.3, 0.4) is 0 Å². The molecule has 1 rings (SSSR count). The Hall–Kier alpha value is -0.430. The van der Waals surface area contributed by atoms with Crippen LogP contribution in [-0.4, -0.2) is 18.1 Å². The van der Waals surface area contributed by atoms with E-state index >= 15 is 0 Å². The van der Waals surface area contributed by atoms with Gasteiger partial charge in [0.15, 0.2) is 0 Å². The molecular weight excluding hydrogens is 284 g/mol. The third kappa shape index (κ3) is 2.78. The summed E-state index contributed by atoms with van der Waals surface area (Å²) in [4.78, 5) is 0. The molecule has 1 atom stereocenters. The van der Waals surface area contributed by atoms with Crippen molar-refractivity contribution in [2.75, 3.05) is 0 Å². The van der Waals surface area contributed by atoms with Gasteiger partial charge in [-0.05, 0) is 18.1 Å². The summed E-state index contributed by atoms with van der Waals surface area (Å²) in [5.41, 5.74) is -1.01. The zero-order valence-corrected chi connectivity index (χ0v) is 10.4. The first-order chi connectivity index (χ1) is 6.88. The van der Waals surface area contributed by atoms with Crippen molar-refractivity contribution in [2.45, 2.75) is 18.8 Å². The highest BCUT2D eigenvalue weighted by atomic mass is 79.9. The van der Waals surface area contributed by atoms with E-state index in [4.69, 9.17) is 4.55 Å². The van der Waals surface area contributed by atoms with E-state index in [-0.39, 0.29) is 5.56 Å². The molecule has 0 aromatic heterocycles. The summed E-state index contributed by atoms with van der Waals surface area (Å²) in [6.07, 6.45) is 0.559. The maximum Gasteiger partial charge on any atom is 0.296 e. The van der Waals surface area contributed by atoms with Gasteiger partial charge in [0.1, 0.15) is 0 Å². The minimum absolute atomic E-state index is 0.203. The summed E-state index contributed by atoms with van der Waals surface area (Å²) < 4.78 is 31.1. The van der Waals surface area contributed by atoms with Gasteiger partial charge < -0.3 is 5.11 Å². The number of rotatable bonds is 3. The van der Waals surface area contributed by atoms with Crippen molar-refractivity contribution in [1.82, 2.24) is 0 Å². The van der Waals surface area contributed by atoms with Crippen LogP contribution in [0.4, 0.5) is 0 Å². The van der Waals surface area contributed by atoms with E-state index in [0.29, 0.717) is 16.5 Å². The van der Waals surface area contributed by atoms with Crippen molar-refractivity contribution < 1.29 is 18.1 Å². The largest absolute Gasteiger partial charge is 0.371 e. The van der Waals surface area contributed by atoms with Crippen LogP contribution in [0, 0.1) is 0 Å². The SMILES string of the molecule is CCc1c(Br)cccc1C(O)S(=O)(=O)O. The molecule has 0 saturated heterocycles. The molecule has 0 radical (unpaired) electrons. The van der Waals surface area contributed by atoms with Gasteiger partial charge in [-0.3, -0.25) is 4.55 Å². The lowest BCUT2D eigenvalue weighted by Crippen LogP contribution is -2.13. The Bertz CT molecular complexity index is 455. The van der Waals surface area contributed by atoms with Gasteiger partial charge in [0.25, 0.3) is 10.1 Å². The first-order valence-electron chi connectivity index (χ1n) is 4.29. The molecule has 0 aliphatic carbocycles. The molecule has 0 fully saturated rings. The number of benzene rings is 1. The molecule has 0 spiro atoms. The zero-order chi connectivity index (χ0) is 11.6. The van der Waals surface area contributed by atoms with Crippen LogP contribution in [0.2, 0.25) is 0 Å². The molecule has 1 aromatic rings. The van der Waals surface area contributed by atoms with Gasteiger partial charge in [-0.25, -0.2) is 0 Å². The molecule has 1 unspecified atom stereocenters. The summed E-state index contributed by atoms with van der Waals surface area (Å²) in [5, 5.41) is 9.43. The fourth-order valence-electron chi connectivity index (χ4n) is 1.34. The Kier molecular flexibility index (Phi) is 3.88. The first kappa shape index (κ1) is 12.6. The average molecular weight is 295 g/mol. The summed E-state index contributed by atoms with van der Waals surface area (Å²) in [7, 11) is -4.47. The van der Waals surface area contributed by atoms with Crippen LogP contribution in [0.1, 0.15) is 23.5 Å². The Labute approximate surface area is 96.8 Å². The van der Waals surface area contributed by atoms with E-state index in [1.54, 1.807) is 12.1 Å². The Morgan fingerprint density at radius 3 is 2.53 bits per heavy atom. The second-order valence-electron chi connectivity index (χ2n) is 3.03. The van der Waals surface area contributed by atoms with Gasteiger partial charge in [-0.15, -0.1) is 0 Å². The smallest absolute Gasteiger partial charge is 0.296 e. The average Bonchev–Trinajstić information content (AvgIpc) is 2.14. The molecule has 0 amide bonds. The van der Waals surface area contributed by atoms with Crippen LogP contribution in [0.25, 0.3) is 0 Å². The molecule has 6 heteroatoms. The van der Waals surface area contributed by atoms with Crippen molar-refractivity contribution in [3.8, 4) is 0 Å². The predicted molar refractivity (Wildman–Crippen MR) is 60.0 cm³/mol. The predicted octanol–water partition coefficient (Wildman–Crippen LogP) is 1.89. The zero-order valence-electron chi connectivity index (χ0n) is 8.01. The van der Waals surface area contributed by atoms with Crippen molar-refractivity contribution in [3.05, 3.63) is 33.8 Å². The second kappa shape index (κ2) is 4.61. The minimum Gasteiger partial charge on any atom is -0.371 e. The van der Waals surface area contributed by atoms with E-state index in [2.05, 4.69) is 15.9 Å². The normalized spacial score (nSPS) is 13.9. The van der Waals surface area contributed by atoms with Gasteiger partial charge in [0, 0.05) is 10.0 Å². The lowest BCUT2D eigenvalue weighted by Gasteiger charge is -2.13. The number of aliphatic hydroxyl groups is 1. The quantitative estimate of drug-likeness (QED) is 0.835. The van der Waals surface area contributed by atoms with Crippen LogP contribution in [0.5, 0.6) is 0 Å². The summed E-state index contributed by atoms with van der Waals surface area (Å²) >= 11 is 3.25. The van der Waals surface area contributed by atoms with Crippen LogP contribution in [-0.2, 0) is 16.5 Å². The molecule has 84 valence electrons. The second-order valence-corrected chi connectivity index (χ2v) is 5.36. The Balaban J connectivity index is 3.32. The standard InChI is InChI=1S/C9H11BrO4S/c1-2-6-7(4-3-5-8(6)10)9(11)15(12,13)14/h3-5,9,11H,2H2,1H3,(H,12,13,14). The summed E-state index contributed by atoms with van der Waals surface area (Å²) in [6, 6.07) is 4.83. The van der Waals surface area contributed by atoms with Crippen molar-refractivity contribution in [3.63, 3.8) is 0 Å². The minimum atomic E-state index is -4.47. The highest BCUT2D eigenvalue weighted by molar-refractivity contribution is 9.10. The van der Waals surface area contributed by atoms with Crippen LogP contribution in [0.15, 0.2) is 22.7 Å². The monoisotopic (exact) mass is 294 g/mol. The molecule has 2 N–H and O–H groups in total. The van der Waals surface area contributed by atoms with Crippen LogP contribution < -0.4 is 0 Å². The van der Waals surface area contributed by atoms with Crippen LogP contribution >= 0.6 is 15.9 Å². The molecule has 0 bridgehead atoms. The molecule has 0 saturated carbocycles. The first-order valence-corrected chi connectivity index (χ1v) is 6.59. The van der Waals surface area contributed by atoms with E-state index in [1.807, 2.05) is 6.92 Å². The molecule has 0 aliphatic rings. The third-order valence-corrected chi connectivity index (χ3v) is 3.62. The molecule has 0 heterocycles. The topological polar surface area (TPSA) is 74.6 Å². The van der Waals surface area contributed by atoms with Gasteiger partial charge in [-0.2, -0.15) is 8.42 Å². The molecular formula is C9H11BrO4S. The van der Waals surface area contributed by atoms with E-state index in [9.17, 15) is 13.5 Å². The van der Waals surface area contributed by atoms with Gasteiger partial charge >= 0.3 is 0 Å². The van der Waals surface area contributed by atoms with E-state index in [1.165, 1.54) is 6.07 Å². The number of halogens is 1. The lowest BCUT2D eigenvalue weighted by molar-refractivity contribution is 0.237. The molecule has 1 aromatic carbocycles. The van der Waals surface area contributed by atoms with Crippen molar-refractivity contribution in [1.29, 1.82) is 0 Å². The number of hydrogen-bond donors (Lipinski definition) is 2. The molecule has 0 aliphatic heterocycles. The van der Waals surface area contributed by atoms with E-state index in [0.717, 1.165) is 0 Å². The fraction of sp³-hybridized carbons (Fsp3) is 0.333. The van der Waals surface area contributed by atoms with Gasteiger partial charge in [-0.1, -0.05) is 35.0 Å². The fourth-order valence-corrected chi connectivity index (χ4v) is 2.54. The number of hydrogen-bond acceptors (Lipinski definition) is 3. The maximum absolute atomic E-state index is 10.8. The molecule has 4 nitrogen and oxygen atoms in total. The van der Waals surface area contributed by atoms with Gasteiger partial charge in [0.2, 0.25) is 5.44 Å².